The molecule has 8 amide bonds. The van der Waals surface area contributed by atoms with Crippen LogP contribution in [0.2, 0.25) is 0 Å². The van der Waals surface area contributed by atoms with Crippen molar-refractivity contribution < 1.29 is 24.0 Å². The van der Waals surface area contributed by atoms with Gasteiger partial charge in [-0.3, -0.25) is 24.3 Å². The summed E-state index contributed by atoms with van der Waals surface area (Å²) in [6, 6.07) is 120. The van der Waals surface area contributed by atoms with Crippen molar-refractivity contribution in [3.8, 4) is 0 Å². The van der Waals surface area contributed by atoms with Crippen LogP contribution in [0.5, 0.6) is 0 Å². The number of amides is 8. The summed E-state index contributed by atoms with van der Waals surface area (Å²) in [6.07, 6.45) is 0.609. The van der Waals surface area contributed by atoms with Crippen molar-refractivity contribution in [3.63, 3.8) is 0 Å². The van der Waals surface area contributed by atoms with E-state index >= 15 is 0 Å². The minimum Gasteiger partial charge on any atom is -0.378 e. The van der Waals surface area contributed by atoms with Crippen molar-refractivity contribution >= 4 is 86.8 Å². The van der Waals surface area contributed by atoms with E-state index in [4.69, 9.17) is 0 Å². The van der Waals surface area contributed by atoms with Crippen molar-refractivity contribution in [2.45, 2.75) is 92.5 Å². The van der Waals surface area contributed by atoms with Gasteiger partial charge in [0.1, 0.15) is 0 Å². The molecular weight excluding hydrogens is 1550 g/mol. The molecule has 14 rings (SSSR count). The predicted molar refractivity (Wildman–Crippen MR) is 514 cm³/mol. The minimum absolute atomic E-state index is 0.0323. The van der Waals surface area contributed by atoms with Crippen molar-refractivity contribution in [2.75, 3.05) is 80.5 Å². The van der Waals surface area contributed by atoms with E-state index in [0.717, 1.165) is 123 Å². The number of nitrogens with zero attached hydrogens (tertiary/aromatic N) is 5. The summed E-state index contributed by atoms with van der Waals surface area (Å²) in [5.41, 5.74) is 24.5. The molecule has 14 aromatic carbocycles. The highest BCUT2D eigenvalue weighted by molar-refractivity contribution is 6.01. The summed E-state index contributed by atoms with van der Waals surface area (Å²) in [6.45, 7) is 13.1. The SMILES string of the molecule is CN(C)c1ccc(CN(Cc2ccccc2)Cc2ccc(N(C)C)cc2)cc1.Cc1ccc(NC(=O)Cc2ccc(CN(Cc3ccc(NC(=O)Nc4ccc(C)cc4)cc3)Cc3ccc(NC(=O)Nc4ccc(C)cc4)cc3)cc2)cc1.O=C(Cc1ccc(CN(Cc2ccccc2)Cc2ccc(NC(=O)Nc3ccccc3)cc2)cc1)Nc1ccccc1. The average molecular weight is 1660 g/mol. The molecule has 0 aliphatic heterocycles. The molecule has 0 spiro atoms. The number of para-hydroxylation sites is 2. The third-order valence-electron chi connectivity index (χ3n) is 20.7. The Kier molecular flexibility index (Phi) is 33.2. The minimum atomic E-state index is -0.306. The molecule has 0 radical (unpaired) electrons. The molecule has 0 saturated carbocycles. The fourth-order valence-electron chi connectivity index (χ4n) is 14.0. The summed E-state index contributed by atoms with van der Waals surface area (Å²) < 4.78 is 0. The lowest BCUT2D eigenvalue weighted by molar-refractivity contribution is -0.116. The Labute approximate surface area is 736 Å². The van der Waals surface area contributed by atoms with Crippen LogP contribution < -0.4 is 52.3 Å². The molecule has 125 heavy (non-hydrogen) atoms. The van der Waals surface area contributed by atoms with Crippen LogP contribution in [-0.4, -0.2) is 72.8 Å². The summed E-state index contributed by atoms with van der Waals surface area (Å²) in [4.78, 5) is 74.3. The first-order valence-electron chi connectivity index (χ1n) is 42.1. The smallest absolute Gasteiger partial charge is 0.323 e. The van der Waals surface area contributed by atoms with Crippen LogP contribution in [0.15, 0.2) is 364 Å². The van der Waals surface area contributed by atoms with E-state index in [2.05, 4.69) is 223 Å². The molecule has 0 saturated heterocycles. The quantitative estimate of drug-likeness (QED) is 0.0201. The largest absolute Gasteiger partial charge is 0.378 e. The van der Waals surface area contributed by atoms with Crippen molar-refractivity contribution in [2.24, 2.45) is 0 Å². The van der Waals surface area contributed by atoms with Gasteiger partial charge in [-0.2, -0.15) is 0 Å². The van der Waals surface area contributed by atoms with Crippen molar-refractivity contribution in [3.05, 3.63) is 442 Å². The Morgan fingerprint density at radius 2 is 0.360 bits per heavy atom. The topological polar surface area (TPSA) is 198 Å². The lowest BCUT2D eigenvalue weighted by Crippen LogP contribution is -2.23. The zero-order valence-corrected chi connectivity index (χ0v) is 72.2. The maximum absolute atomic E-state index is 12.7. The van der Waals surface area contributed by atoms with Gasteiger partial charge in [0.25, 0.3) is 0 Å². The number of hydrogen-bond donors (Lipinski definition) is 8. The second kappa shape index (κ2) is 46.4. The van der Waals surface area contributed by atoms with E-state index in [1.54, 1.807) is 0 Å². The average Bonchev–Trinajstić information content (AvgIpc) is 0.860. The number of carbonyl (C=O) groups is 5. The first kappa shape index (κ1) is 89.6. The molecule has 0 heterocycles. The van der Waals surface area contributed by atoms with Gasteiger partial charge < -0.3 is 52.3 Å². The highest BCUT2D eigenvalue weighted by Gasteiger charge is 2.17. The van der Waals surface area contributed by atoms with E-state index in [1.165, 1.54) is 39.2 Å². The second-order valence-corrected chi connectivity index (χ2v) is 31.8. The van der Waals surface area contributed by atoms with E-state index in [9.17, 15) is 24.0 Å². The van der Waals surface area contributed by atoms with Crippen LogP contribution >= 0.6 is 0 Å². The van der Waals surface area contributed by atoms with Gasteiger partial charge in [0, 0.05) is 144 Å². The first-order valence-corrected chi connectivity index (χ1v) is 42.1. The number of anilines is 10. The molecule has 0 aromatic heterocycles. The highest BCUT2D eigenvalue weighted by atomic mass is 16.2. The Bertz CT molecular complexity index is 5250. The monoisotopic (exact) mass is 1660 g/mol. The molecule has 634 valence electrons. The standard InChI is InChI=1S/C46H46N6O3.C36H34N4O2.C25H31N3/c1-32-4-18-39(19-5-32)47-44(53)28-35-10-12-36(13-11-35)29-52(30-37-14-24-42(25-15-37)50-45(54)48-40-20-6-33(2)7-21-40)31-38-16-26-43(27-17-38)51-46(55)49-41-22-8-34(3)9-23-41;41-35(37-32-12-6-2-7-13-32)24-28-16-18-30(19-17-28)26-40(25-29-10-4-1-5-11-29)27-31-20-22-34(23-21-31)39-36(42)38-33-14-8-3-9-15-33;1-26(2)24-14-10-22(11-15-24)19-28(18-21-8-6-5-7-9-21)20-23-12-16-25(17-13-23)27(3)4/h4-27H,28-31H2,1-3H3,(H,47,53)(H2,48,50,54)(H2,49,51,55);1-23H,24-27H2,(H,37,41)(H2,38,39,42);5-17H,18-20H2,1-4H3. The van der Waals surface area contributed by atoms with E-state index in [-0.39, 0.29) is 36.3 Å². The van der Waals surface area contributed by atoms with E-state index in [0.29, 0.717) is 37.4 Å². The second-order valence-electron chi connectivity index (χ2n) is 31.8. The van der Waals surface area contributed by atoms with Gasteiger partial charge in [0.2, 0.25) is 11.8 Å². The first-order chi connectivity index (χ1) is 60.7. The third-order valence-corrected chi connectivity index (χ3v) is 20.7. The van der Waals surface area contributed by atoms with Crippen molar-refractivity contribution in [1.82, 2.24) is 14.7 Å². The Morgan fingerprint density at radius 3 is 0.592 bits per heavy atom. The maximum Gasteiger partial charge on any atom is 0.323 e. The lowest BCUT2D eigenvalue weighted by atomic mass is 10.1. The molecule has 18 nitrogen and oxygen atoms in total. The number of nitrogens with one attached hydrogen (secondary N) is 8. The predicted octanol–water partition coefficient (Wildman–Crippen LogP) is 23.0. The molecule has 18 heteroatoms. The van der Waals surface area contributed by atoms with E-state index in [1.807, 2.05) is 257 Å². The van der Waals surface area contributed by atoms with Crippen LogP contribution in [0.1, 0.15) is 77.9 Å². The van der Waals surface area contributed by atoms with E-state index < -0.39 is 0 Å². The summed E-state index contributed by atoms with van der Waals surface area (Å²) in [7, 11) is 8.31. The maximum atomic E-state index is 12.7. The molecule has 0 fully saturated rings. The zero-order chi connectivity index (χ0) is 87.5. The zero-order valence-electron chi connectivity index (χ0n) is 72.2. The van der Waals surface area contributed by atoms with Crippen LogP contribution in [0.25, 0.3) is 0 Å². The van der Waals surface area contributed by atoms with Gasteiger partial charge in [-0.1, -0.05) is 259 Å². The highest BCUT2D eigenvalue weighted by Crippen LogP contribution is 2.26. The van der Waals surface area contributed by atoms with Gasteiger partial charge >= 0.3 is 18.1 Å². The summed E-state index contributed by atoms with van der Waals surface area (Å²) >= 11 is 0. The van der Waals surface area contributed by atoms with Crippen LogP contribution in [0.3, 0.4) is 0 Å². The normalized spacial score (nSPS) is 10.8. The van der Waals surface area contributed by atoms with Crippen LogP contribution in [-0.2, 0) is 81.3 Å². The molecule has 14 aromatic rings. The fourth-order valence-corrected chi connectivity index (χ4v) is 14.0. The molecule has 0 aliphatic rings. The molecule has 8 N–H and O–H groups in total. The Morgan fingerprint density at radius 1 is 0.192 bits per heavy atom. The number of aryl methyl sites for hydroxylation is 3. The summed E-state index contributed by atoms with van der Waals surface area (Å²) in [5, 5.41) is 23.2. The Hall–Kier alpha value is -14.7. The molecule has 0 bridgehead atoms. The molecular formula is C107H111N13O5. The number of urea groups is 3. The van der Waals surface area contributed by atoms with Gasteiger partial charge in [-0.15, -0.1) is 0 Å². The Balaban J connectivity index is 0.000000180. The lowest BCUT2D eigenvalue weighted by Gasteiger charge is -2.24. The van der Waals surface area contributed by atoms with Gasteiger partial charge in [-0.05, 0) is 203 Å². The number of rotatable bonds is 32. The number of benzene rings is 14. The summed E-state index contributed by atoms with van der Waals surface area (Å²) in [5.74, 6) is -0.0931. The molecule has 0 atom stereocenters. The number of hydrogen-bond acceptors (Lipinski definition) is 10. The van der Waals surface area contributed by atoms with Crippen LogP contribution in [0.4, 0.5) is 71.3 Å². The van der Waals surface area contributed by atoms with Gasteiger partial charge in [0.05, 0.1) is 12.8 Å². The van der Waals surface area contributed by atoms with Crippen LogP contribution in [0, 0.1) is 20.8 Å². The molecule has 0 aliphatic carbocycles. The van der Waals surface area contributed by atoms with Crippen molar-refractivity contribution in [1.29, 1.82) is 0 Å². The third kappa shape index (κ3) is 31.1. The number of carbonyl (C=O) groups excluding carboxylic acids is 5. The fraction of sp³-hybridized carbons (Fsp3) is 0.168. The van der Waals surface area contributed by atoms with Gasteiger partial charge in [0.15, 0.2) is 0 Å². The van der Waals surface area contributed by atoms with Gasteiger partial charge in [-0.25, -0.2) is 14.4 Å². The molecule has 0 unspecified atom stereocenters.